The molecule has 1 aromatic carbocycles. The average Bonchev–Trinajstić information content (AvgIpc) is 2.46. The summed E-state index contributed by atoms with van der Waals surface area (Å²) in [5.41, 5.74) is 2.43. The average molecular weight is 255 g/mol. The SMILES string of the molecule is CC(CNc1cccnc1N(C)C)c1ccccc1. The molecule has 0 spiro atoms. The van der Waals surface area contributed by atoms with Crippen LogP contribution in [0.3, 0.4) is 0 Å². The Bertz CT molecular complexity index is 508. The lowest BCUT2D eigenvalue weighted by Gasteiger charge is -2.19. The van der Waals surface area contributed by atoms with Crippen LogP contribution in [0.4, 0.5) is 11.5 Å². The van der Waals surface area contributed by atoms with E-state index in [0.29, 0.717) is 5.92 Å². The Morgan fingerprint density at radius 1 is 1.11 bits per heavy atom. The lowest BCUT2D eigenvalue weighted by Crippen LogP contribution is -2.16. The standard InChI is InChI=1S/C16H21N3/c1-13(14-8-5-4-6-9-14)12-18-15-10-7-11-17-16(15)19(2)3/h4-11,13,18H,12H2,1-3H3. The highest BCUT2D eigenvalue weighted by atomic mass is 15.2. The topological polar surface area (TPSA) is 28.2 Å². The molecule has 0 saturated heterocycles. The molecule has 0 amide bonds. The molecule has 0 bridgehead atoms. The fourth-order valence-electron chi connectivity index (χ4n) is 2.05. The Hall–Kier alpha value is -2.03. The van der Waals surface area contributed by atoms with E-state index in [4.69, 9.17) is 0 Å². The minimum atomic E-state index is 0.469. The first kappa shape index (κ1) is 13.4. The third kappa shape index (κ3) is 3.47. The lowest BCUT2D eigenvalue weighted by atomic mass is 10.0. The third-order valence-electron chi connectivity index (χ3n) is 3.18. The van der Waals surface area contributed by atoms with Crippen LogP contribution in [0.1, 0.15) is 18.4 Å². The van der Waals surface area contributed by atoms with Gasteiger partial charge in [-0.1, -0.05) is 37.3 Å². The highest BCUT2D eigenvalue weighted by Gasteiger charge is 2.08. The second kappa shape index (κ2) is 6.23. The molecule has 2 rings (SSSR count). The number of aromatic nitrogens is 1. The predicted molar refractivity (Wildman–Crippen MR) is 81.9 cm³/mol. The number of nitrogens with one attached hydrogen (secondary N) is 1. The number of pyridine rings is 1. The maximum absolute atomic E-state index is 4.39. The molecule has 100 valence electrons. The molecule has 1 heterocycles. The summed E-state index contributed by atoms with van der Waals surface area (Å²) in [5.74, 6) is 1.44. The second-order valence-electron chi connectivity index (χ2n) is 4.96. The van der Waals surface area contributed by atoms with Crippen molar-refractivity contribution in [2.75, 3.05) is 30.9 Å². The molecule has 19 heavy (non-hydrogen) atoms. The Morgan fingerprint density at radius 3 is 2.53 bits per heavy atom. The van der Waals surface area contributed by atoms with Gasteiger partial charge in [0.1, 0.15) is 0 Å². The molecule has 0 radical (unpaired) electrons. The minimum absolute atomic E-state index is 0.469. The summed E-state index contributed by atoms with van der Waals surface area (Å²) in [6.45, 7) is 3.13. The number of anilines is 2. The smallest absolute Gasteiger partial charge is 0.151 e. The number of hydrogen-bond donors (Lipinski definition) is 1. The van der Waals surface area contributed by atoms with Gasteiger partial charge in [0.25, 0.3) is 0 Å². The van der Waals surface area contributed by atoms with Gasteiger partial charge in [-0.3, -0.25) is 0 Å². The molecule has 1 aromatic heterocycles. The molecule has 0 saturated carbocycles. The van der Waals surface area contributed by atoms with Crippen molar-refractivity contribution in [3.05, 3.63) is 54.2 Å². The van der Waals surface area contributed by atoms with E-state index in [1.54, 1.807) is 0 Å². The Kier molecular flexibility index (Phi) is 4.39. The van der Waals surface area contributed by atoms with Gasteiger partial charge in [-0.2, -0.15) is 0 Å². The molecule has 3 nitrogen and oxygen atoms in total. The highest BCUT2D eigenvalue weighted by Crippen LogP contribution is 2.22. The summed E-state index contributed by atoms with van der Waals surface area (Å²) in [7, 11) is 4.02. The molecule has 0 aliphatic carbocycles. The van der Waals surface area contributed by atoms with E-state index in [2.05, 4.69) is 53.6 Å². The molecule has 1 atom stereocenters. The molecule has 0 aliphatic rings. The van der Waals surface area contributed by atoms with Crippen LogP contribution in [0.2, 0.25) is 0 Å². The summed E-state index contributed by atoms with van der Waals surface area (Å²) < 4.78 is 0. The number of hydrogen-bond acceptors (Lipinski definition) is 3. The van der Waals surface area contributed by atoms with Crippen molar-refractivity contribution >= 4 is 11.5 Å². The molecule has 3 heteroatoms. The van der Waals surface area contributed by atoms with Crippen LogP contribution in [0, 0.1) is 0 Å². The van der Waals surface area contributed by atoms with Gasteiger partial charge >= 0.3 is 0 Å². The summed E-state index contributed by atoms with van der Waals surface area (Å²) in [6.07, 6.45) is 1.82. The van der Waals surface area contributed by atoms with Gasteiger partial charge in [0.05, 0.1) is 5.69 Å². The van der Waals surface area contributed by atoms with Crippen molar-refractivity contribution in [3.8, 4) is 0 Å². The van der Waals surface area contributed by atoms with Gasteiger partial charge in [-0.25, -0.2) is 4.98 Å². The zero-order valence-corrected chi connectivity index (χ0v) is 11.8. The van der Waals surface area contributed by atoms with Crippen LogP contribution >= 0.6 is 0 Å². The quantitative estimate of drug-likeness (QED) is 0.888. The largest absolute Gasteiger partial charge is 0.381 e. The summed E-state index contributed by atoms with van der Waals surface area (Å²) in [4.78, 5) is 6.42. The maximum atomic E-state index is 4.39. The van der Waals surface area contributed by atoms with Crippen LogP contribution in [0.15, 0.2) is 48.7 Å². The van der Waals surface area contributed by atoms with E-state index in [-0.39, 0.29) is 0 Å². The van der Waals surface area contributed by atoms with E-state index >= 15 is 0 Å². The number of nitrogens with zero attached hydrogens (tertiary/aromatic N) is 2. The van der Waals surface area contributed by atoms with Gasteiger partial charge in [0, 0.05) is 26.8 Å². The minimum Gasteiger partial charge on any atom is -0.381 e. The maximum Gasteiger partial charge on any atom is 0.151 e. The van der Waals surface area contributed by atoms with Gasteiger partial charge < -0.3 is 10.2 Å². The molecule has 2 aromatic rings. The fourth-order valence-corrected chi connectivity index (χ4v) is 2.05. The second-order valence-corrected chi connectivity index (χ2v) is 4.96. The van der Waals surface area contributed by atoms with Crippen molar-refractivity contribution in [1.29, 1.82) is 0 Å². The van der Waals surface area contributed by atoms with Crippen molar-refractivity contribution in [2.45, 2.75) is 12.8 Å². The number of benzene rings is 1. The van der Waals surface area contributed by atoms with E-state index in [0.717, 1.165) is 18.1 Å². The van der Waals surface area contributed by atoms with Crippen LogP contribution < -0.4 is 10.2 Å². The summed E-state index contributed by atoms with van der Waals surface area (Å²) >= 11 is 0. The molecule has 1 unspecified atom stereocenters. The first-order valence-electron chi connectivity index (χ1n) is 6.59. The number of rotatable bonds is 5. The Labute approximate surface area is 115 Å². The van der Waals surface area contributed by atoms with Crippen LogP contribution in [0.5, 0.6) is 0 Å². The normalized spacial score (nSPS) is 11.9. The zero-order valence-electron chi connectivity index (χ0n) is 11.8. The molecule has 1 N–H and O–H groups in total. The Balaban J connectivity index is 2.03. The van der Waals surface area contributed by atoms with E-state index in [1.807, 2.05) is 31.3 Å². The van der Waals surface area contributed by atoms with E-state index in [9.17, 15) is 0 Å². The van der Waals surface area contributed by atoms with Gasteiger partial charge in [0.2, 0.25) is 0 Å². The predicted octanol–water partition coefficient (Wildman–Crippen LogP) is 3.36. The van der Waals surface area contributed by atoms with Gasteiger partial charge in [0.15, 0.2) is 5.82 Å². The zero-order chi connectivity index (χ0) is 13.7. The fraction of sp³-hybridized carbons (Fsp3) is 0.312. The van der Waals surface area contributed by atoms with Crippen molar-refractivity contribution in [3.63, 3.8) is 0 Å². The van der Waals surface area contributed by atoms with Crippen LogP contribution in [0.25, 0.3) is 0 Å². The van der Waals surface area contributed by atoms with Crippen molar-refractivity contribution in [1.82, 2.24) is 4.98 Å². The van der Waals surface area contributed by atoms with Crippen LogP contribution in [-0.2, 0) is 0 Å². The first-order valence-corrected chi connectivity index (χ1v) is 6.59. The van der Waals surface area contributed by atoms with Gasteiger partial charge in [-0.05, 0) is 23.6 Å². The molecular weight excluding hydrogens is 234 g/mol. The summed E-state index contributed by atoms with van der Waals surface area (Å²) in [5, 5.41) is 3.49. The highest BCUT2D eigenvalue weighted by molar-refractivity contribution is 5.64. The van der Waals surface area contributed by atoms with Crippen molar-refractivity contribution in [2.24, 2.45) is 0 Å². The summed E-state index contributed by atoms with van der Waals surface area (Å²) in [6, 6.07) is 14.6. The molecule has 0 fully saturated rings. The van der Waals surface area contributed by atoms with Gasteiger partial charge in [-0.15, -0.1) is 0 Å². The van der Waals surface area contributed by atoms with Crippen molar-refractivity contribution < 1.29 is 0 Å². The van der Waals surface area contributed by atoms with Crippen LogP contribution in [-0.4, -0.2) is 25.6 Å². The first-order chi connectivity index (χ1) is 9.18. The van der Waals surface area contributed by atoms with E-state index < -0.39 is 0 Å². The third-order valence-corrected chi connectivity index (χ3v) is 3.18. The van der Waals surface area contributed by atoms with E-state index in [1.165, 1.54) is 5.56 Å². The lowest BCUT2D eigenvalue weighted by molar-refractivity contribution is 0.804. The monoisotopic (exact) mass is 255 g/mol. The Morgan fingerprint density at radius 2 is 1.84 bits per heavy atom. The molecular formula is C16H21N3. The molecule has 0 aliphatic heterocycles.